The van der Waals surface area contributed by atoms with Crippen LogP contribution in [0.3, 0.4) is 0 Å². The van der Waals surface area contributed by atoms with Gasteiger partial charge in [-0.1, -0.05) is 0 Å². The third kappa shape index (κ3) is 2.19. The predicted molar refractivity (Wildman–Crippen MR) is 65.2 cm³/mol. The third-order valence-electron chi connectivity index (χ3n) is 4.10. The summed E-state index contributed by atoms with van der Waals surface area (Å²) in [6, 6.07) is 0. The van der Waals surface area contributed by atoms with Gasteiger partial charge in [-0.2, -0.15) is 0 Å². The Morgan fingerprint density at radius 2 is 1.89 bits per heavy atom. The molecule has 0 radical (unpaired) electrons. The van der Waals surface area contributed by atoms with Crippen molar-refractivity contribution in [3.63, 3.8) is 0 Å². The van der Waals surface area contributed by atoms with Gasteiger partial charge < -0.3 is 14.7 Å². The fourth-order valence-corrected chi connectivity index (χ4v) is 2.51. The van der Waals surface area contributed by atoms with Gasteiger partial charge >= 0.3 is 11.9 Å². The van der Waals surface area contributed by atoms with Gasteiger partial charge in [0.2, 0.25) is 5.91 Å². The highest BCUT2D eigenvalue weighted by Crippen LogP contribution is 2.49. The second-order valence-electron chi connectivity index (χ2n) is 5.65. The molecule has 0 spiro atoms. The van der Waals surface area contributed by atoms with E-state index in [-0.39, 0.29) is 19.1 Å². The standard InChI is InChI=1S/C13H19NO5/c1-3-19-11(18)13(4-5-13)9(15)14-7-6-12(2,8-14)10(16)17/h3-8H2,1-2H3,(H,16,17). The molecule has 0 aromatic rings. The quantitative estimate of drug-likeness (QED) is 0.598. The minimum atomic E-state index is -1.03. The number of amides is 1. The van der Waals surface area contributed by atoms with Crippen molar-refractivity contribution in [2.45, 2.75) is 33.1 Å². The monoisotopic (exact) mass is 269 g/mol. The molecule has 2 aliphatic rings. The number of carbonyl (C=O) groups excluding carboxylic acids is 2. The van der Waals surface area contributed by atoms with Crippen LogP contribution in [0.25, 0.3) is 0 Å². The molecule has 1 aliphatic carbocycles. The Balaban J connectivity index is 2.06. The summed E-state index contributed by atoms with van der Waals surface area (Å²) in [7, 11) is 0. The van der Waals surface area contributed by atoms with Crippen molar-refractivity contribution in [2.75, 3.05) is 19.7 Å². The van der Waals surface area contributed by atoms with Crippen LogP contribution in [-0.2, 0) is 19.1 Å². The number of rotatable bonds is 4. The smallest absolute Gasteiger partial charge is 0.321 e. The molecule has 19 heavy (non-hydrogen) atoms. The number of aliphatic carboxylic acids is 1. The number of hydrogen-bond donors (Lipinski definition) is 1. The average Bonchev–Trinajstić information content (AvgIpc) is 3.07. The number of carboxylic acid groups (broad SMARTS) is 1. The van der Waals surface area contributed by atoms with Gasteiger partial charge in [0.25, 0.3) is 0 Å². The number of carboxylic acids is 1. The molecule has 0 aromatic carbocycles. The maximum atomic E-state index is 12.4. The molecule has 6 heteroatoms. The van der Waals surface area contributed by atoms with Crippen LogP contribution in [0.15, 0.2) is 0 Å². The van der Waals surface area contributed by atoms with Crippen LogP contribution in [-0.4, -0.2) is 47.5 Å². The molecular formula is C13H19NO5. The molecule has 0 bridgehead atoms. The van der Waals surface area contributed by atoms with Gasteiger partial charge in [-0.25, -0.2) is 0 Å². The van der Waals surface area contributed by atoms with E-state index in [4.69, 9.17) is 9.84 Å². The van der Waals surface area contributed by atoms with Crippen molar-refractivity contribution in [2.24, 2.45) is 10.8 Å². The molecule has 1 atom stereocenters. The number of nitrogens with zero attached hydrogens (tertiary/aromatic N) is 1. The molecular weight excluding hydrogens is 250 g/mol. The highest BCUT2D eigenvalue weighted by molar-refractivity contribution is 6.05. The van der Waals surface area contributed by atoms with E-state index in [2.05, 4.69) is 0 Å². The van der Waals surface area contributed by atoms with Crippen LogP contribution in [0, 0.1) is 10.8 Å². The van der Waals surface area contributed by atoms with Gasteiger partial charge in [-0.15, -0.1) is 0 Å². The van der Waals surface area contributed by atoms with Gasteiger partial charge in [-0.3, -0.25) is 14.4 Å². The maximum absolute atomic E-state index is 12.4. The van der Waals surface area contributed by atoms with E-state index in [1.54, 1.807) is 13.8 Å². The summed E-state index contributed by atoms with van der Waals surface area (Å²) in [6.45, 7) is 4.15. The number of likely N-dealkylation sites (tertiary alicyclic amines) is 1. The fourth-order valence-electron chi connectivity index (χ4n) is 2.51. The Morgan fingerprint density at radius 1 is 1.26 bits per heavy atom. The van der Waals surface area contributed by atoms with Crippen LogP contribution >= 0.6 is 0 Å². The predicted octanol–water partition coefficient (Wildman–Crippen LogP) is 0.653. The highest BCUT2D eigenvalue weighted by atomic mass is 16.5. The molecule has 1 saturated heterocycles. The Morgan fingerprint density at radius 3 is 2.32 bits per heavy atom. The molecule has 1 aliphatic heterocycles. The van der Waals surface area contributed by atoms with E-state index in [0.717, 1.165) is 0 Å². The molecule has 1 saturated carbocycles. The minimum Gasteiger partial charge on any atom is -0.481 e. The molecule has 1 heterocycles. The van der Waals surface area contributed by atoms with Gasteiger partial charge in [-0.05, 0) is 33.1 Å². The average molecular weight is 269 g/mol. The molecule has 1 N–H and O–H groups in total. The van der Waals surface area contributed by atoms with Crippen LogP contribution in [0.5, 0.6) is 0 Å². The lowest BCUT2D eigenvalue weighted by Crippen LogP contribution is -2.42. The topological polar surface area (TPSA) is 83.9 Å². The van der Waals surface area contributed by atoms with Gasteiger partial charge in [0, 0.05) is 13.1 Å². The van der Waals surface area contributed by atoms with Crippen LogP contribution in [0.2, 0.25) is 0 Å². The number of carbonyl (C=O) groups is 3. The van der Waals surface area contributed by atoms with Crippen molar-refractivity contribution in [1.82, 2.24) is 4.90 Å². The molecule has 0 aromatic heterocycles. The van der Waals surface area contributed by atoms with Crippen molar-refractivity contribution >= 4 is 17.8 Å². The van der Waals surface area contributed by atoms with E-state index >= 15 is 0 Å². The number of ether oxygens (including phenoxy) is 1. The van der Waals surface area contributed by atoms with Gasteiger partial charge in [0.15, 0.2) is 0 Å². The summed E-state index contributed by atoms with van der Waals surface area (Å²) in [5, 5.41) is 9.15. The summed E-state index contributed by atoms with van der Waals surface area (Å²) < 4.78 is 4.95. The molecule has 1 unspecified atom stereocenters. The lowest BCUT2D eigenvalue weighted by Gasteiger charge is -2.23. The molecule has 2 rings (SSSR count). The zero-order chi connectivity index (χ0) is 14.3. The molecule has 1 amide bonds. The minimum absolute atomic E-state index is 0.169. The first kappa shape index (κ1) is 13.8. The Labute approximate surface area is 111 Å². The van der Waals surface area contributed by atoms with Crippen LogP contribution in [0.1, 0.15) is 33.1 Å². The maximum Gasteiger partial charge on any atom is 0.321 e. The SMILES string of the molecule is CCOC(=O)C1(C(=O)N2CCC(C)(C(=O)O)C2)CC1. The number of esters is 1. The second kappa shape index (κ2) is 4.51. The van der Waals surface area contributed by atoms with Crippen LogP contribution < -0.4 is 0 Å². The van der Waals surface area contributed by atoms with E-state index in [9.17, 15) is 14.4 Å². The zero-order valence-corrected chi connectivity index (χ0v) is 11.3. The van der Waals surface area contributed by atoms with E-state index in [1.165, 1.54) is 4.90 Å². The van der Waals surface area contributed by atoms with Crippen molar-refractivity contribution in [1.29, 1.82) is 0 Å². The fraction of sp³-hybridized carbons (Fsp3) is 0.769. The molecule has 106 valence electrons. The first-order chi connectivity index (χ1) is 8.85. The van der Waals surface area contributed by atoms with E-state index in [0.29, 0.717) is 25.8 Å². The van der Waals surface area contributed by atoms with Crippen molar-refractivity contribution in [3.8, 4) is 0 Å². The first-order valence-electron chi connectivity index (χ1n) is 6.56. The lowest BCUT2D eigenvalue weighted by atomic mass is 9.90. The summed E-state index contributed by atoms with van der Waals surface area (Å²) in [4.78, 5) is 36.9. The molecule has 6 nitrogen and oxygen atoms in total. The lowest BCUT2D eigenvalue weighted by molar-refractivity contribution is -0.157. The Hall–Kier alpha value is -1.59. The Bertz CT molecular complexity index is 429. The highest BCUT2D eigenvalue weighted by Gasteiger charge is 2.60. The normalized spacial score (nSPS) is 28.0. The van der Waals surface area contributed by atoms with Gasteiger partial charge in [0.05, 0.1) is 12.0 Å². The van der Waals surface area contributed by atoms with Crippen molar-refractivity contribution in [3.05, 3.63) is 0 Å². The number of hydrogen-bond acceptors (Lipinski definition) is 4. The van der Waals surface area contributed by atoms with Crippen molar-refractivity contribution < 1.29 is 24.2 Å². The van der Waals surface area contributed by atoms with E-state index in [1.807, 2.05) is 0 Å². The van der Waals surface area contributed by atoms with Crippen LogP contribution in [0.4, 0.5) is 0 Å². The second-order valence-corrected chi connectivity index (χ2v) is 5.65. The summed E-state index contributed by atoms with van der Waals surface area (Å²) in [5.41, 5.74) is -1.93. The first-order valence-corrected chi connectivity index (χ1v) is 6.56. The summed E-state index contributed by atoms with van der Waals surface area (Å²) in [6.07, 6.45) is 1.43. The Kier molecular flexibility index (Phi) is 3.28. The molecule has 2 fully saturated rings. The zero-order valence-electron chi connectivity index (χ0n) is 11.3. The third-order valence-corrected chi connectivity index (χ3v) is 4.10. The van der Waals surface area contributed by atoms with E-state index < -0.39 is 22.8 Å². The largest absolute Gasteiger partial charge is 0.481 e. The summed E-state index contributed by atoms with van der Waals surface area (Å²) >= 11 is 0. The van der Waals surface area contributed by atoms with Gasteiger partial charge in [0.1, 0.15) is 5.41 Å². The summed E-state index contributed by atoms with van der Waals surface area (Å²) in [5.74, 6) is -1.64.